The van der Waals surface area contributed by atoms with Crippen LogP contribution < -0.4 is 20.2 Å². The molecule has 4 aromatic rings. The van der Waals surface area contributed by atoms with Gasteiger partial charge < -0.3 is 33.3 Å². The third-order valence-corrected chi connectivity index (χ3v) is 9.26. The SMILES string of the molecule is CCC(OC)n1ncn(-c2ccc(N3CCN(c4ccc(OCC5COC(C)(c6ccc(F)cc6F)O5)cc4)CC3)cc2)c1=O.c1cn2cc1-2. The fourth-order valence-corrected chi connectivity index (χ4v) is 6.29. The minimum Gasteiger partial charge on any atom is -0.491 e. The van der Waals surface area contributed by atoms with E-state index in [1.165, 1.54) is 33.4 Å². The maximum atomic E-state index is 14.3. The Hall–Kier alpha value is -4.98. The van der Waals surface area contributed by atoms with Crippen LogP contribution in [0.3, 0.4) is 0 Å². The van der Waals surface area contributed by atoms with E-state index >= 15 is 0 Å². The quantitative estimate of drug-likeness (QED) is 0.183. The average Bonchev–Trinajstić information content (AvgIpc) is 3.38. The molecule has 4 aliphatic heterocycles. The van der Waals surface area contributed by atoms with E-state index in [4.69, 9.17) is 18.9 Å². The van der Waals surface area contributed by atoms with Crippen LogP contribution in [-0.2, 0) is 20.0 Å². The Morgan fingerprint density at radius 2 is 1.56 bits per heavy atom. The lowest BCUT2D eigenvalue weighted by atomic mass is 10.1. The summed E-state index contributed by atoms with van der Waals surface area (Å²) < 4.78 is 55.6. The third-order valence-electron chi connectivity index (χ3n) is 9.26. The molecule has 50 heavy (non-hydrogen) atoms. The number of benzene rings is 3. The molecule has 2 saturated heterocycles. The van der Waals surface area contributed by atoms with Crippen molar-refractivity contribution in [1.29, 1.82) is 0 Å². The van der Waals surface area contributed by atoms with Gasteiger partial charge in [0.15, 0.2) is 12.0 Å². The van der Waals surface area contributed by atoms with Crippen LogP contribution >= 0.6 is 0 Å². The molecule has 0 radical (unpaired) electrons. The van der Waals surface area contributed by atoms with Crippen molar-refractivity contribution in [2.75, 3.05) is 56.3 Å². The summed E-state index contributed by atoms with van der Waals surface area (Å²) >= 11 is 0. The molecule has 0 N–H and O–H groups in total. The fourth-order valence-electron chi connectivity index (χ4n) is 6.29. The first-order valence-electron chi connectivity index (χ1n) is 16.7. The molecule has 3 atom stereocenters. The lowest BCUT2D eigenvalue weighted by Gasteiger charge is -2.37. The predicted molar refractivity (Wildman–Crippen MR) is 184 cm³/mol. The molecule has 3 unspecified atom stereocenters. The van der Waals surface area contributed by atoms with E-state index in [1.54, 1.807) is 14.0 Å². The lowest BCUT2D eigenvalue weighted by Crippen LogP contribution is -2.46. The van der Waals surface area contributed by atoms with E-state index in [0.717, 1.165) is 49.3 Å². The van der Waals surface area contributed by atoms with Crippen LogP contribution in [-0.4, -0.2) is 71.5 Å². The van der Waals surface area contributed by atoms with Gasteiger partial charge in [0.05, 0.1) is 18.0 Å². The second kappa shape index (κ2) is 14.1. The second-order valence-electron chi connectivity index (χ2n) is 12.5. The average molecular weight is 687 g/mol. The van der Waals surface area contributed by atoms with Crippen molar-refractivity contribution in [3.8, 4) is 17.1 Å². The molecule has 0 saturated carbocycles. The summed E-state index contributed by atoms with van der Waals surface area (Å²) in [6, 6.07) is 21.3. The van der Waals surface area contributed by atoms with Gasteiger partial charge in [-0.3, -0.25) is 0 Å². The van der Waals surface area contributed by atoms with E-state index in [2.05, 4.69) is 31.7 Å². The van der Waals surface area contributed by atoms with Crippen molar-refractivity contribution >= 4 is 11.4 Å². The summed E-state index contributed by atoms with van der Waals surface area (Å²) in [6.45, 7) is 7.46. The van der Waals surface area contributed by atoms with Crippen LogP contribution in [0.1, 0.15) is 32.1 Å². The molecule has 4 aliphatic rings. The van der Waals surface area contributed by atoms with Gasteiger partial charge in [-0.05, 0) is 80.1 Å². The third kappa shape index (κ3) is 7.02. The van der Waals surface area contributed by atoms with Crippen LogP contribution in [0, 0.1) is 11.6 Å². The molecule has 2 fully saturated rings. The van der Waals surface area contributed by atoms with Gasteiger partial charge >= 0.3 is 5.69 Å². The first kappa shape index (κ1) is 33.5. The zero-order valence-electron chi connectivity index (χ0n) is 28.2. The van der Waals surface area contributed by atoms with Crippen LogP contribution in [0.5, 0.6) is 5.75 Å². The Kier molecular flexibility index (Phi) is 9.45. The molecule has 8 rings (SSSR count). The Morgan fingerprint density at radius 1 is 0.920 bits per heavy atom. The largest absolute Gasteiger partial charge is 0.491 e. The van der Waals surface area contributed by atoms with Crippen LogP contribution in [0.2, 0.25) is 0 Å². The fraction of sp³-hybridized carbons (Fsp3) is 0.351. The molecular weight excluding hydrogens is 646 g/mol. The number of anilines is 2. The van der Waals surface area contributed by atoms with Crippen molar-refractivity contribution in [1.82, 2.24) is 18.9 Å². The number of halogens is 2. The normalized spacial score (nSPS) is 20.0. The summed E-state index contributed by atoms with van der Waals surface area (Å²) in [6.07, 6.45) is 5.50. The molecule has 11 nitrogen and oxygen atoms in total. The zero-order valence-corrected chi connectivity index (χ0v) is 28.2. The number of hydrogen-bond donors (Lipinski definition) is 0. The number of fused-ring (bicyclic) bond motifs is 1. The highest BCUT2D eigenvalue weighted by Gasteiger charge is 2.41. The summed E-state index contributed by atoms with van der Waals surface area (Å²) in [4.78, 5) is 17.5. The highest BCUT2D eigenvalue weighted by molar-refractivity contribution is 5.55. The molecule has 0 amide bonds. The predicted octanol–water partition coefficient (Wildman–Crippen LogP) is 5.65. The van der Waals surface area contributed by atoms with Crippen LogP contribution in [0.15, 0.2) is 96.3 Å². The molecule has 5 heterocycles. The van der Waals surface area contributed by atoms with E-state index in [-0.39, 0.29) is 30.7 Å². The highest BCUT2D eigenvalue weighted by Crippen LogP contribution is 2.36. The van der Waals surface area contributed by atoms with Gasteiger partial charge in [0, 0.05) is 68.7 Å². The number of aromatic nitrogens is 4. The molecular formula is C37H40F2N6O5. The Balaban J connectivity index is 0.000000709. The number of methoxy groups -OCH3 is 1. The number of piperazine rings is 1. The van der Waals surface area contributed by atoms with Crippen molar-refractivity contribution in [2.24, 2.45) is 0 Å². The van der Waals surface area contributed by atoms with E-state index in [9.17, 15) is 13.6 Å². The van der Waals surface area contributed by atoms with Crippen molar-refractivity contribution < 1.29 is 27.7 Å². The van der Waals surface area contributed by atoms with Crippen molar-refractivity contribution in [3.63, 3.8) is 0 Å². The van der Waals surface area contributed by atoms with E-state index in [0.29, 0.717) is 12.2 Å². The second-order valence-corrected chi connectivity index (χ2v) is 12.5. The van der Waals surface area contributed by atoms with E-state index in [1.807, 2.05) is 61.7 Å². The number of hydrogen-bond acceptors (Lipinski definition) is 8. The Bertz CT molecular complexity index is 1940. The Labute approximate surface area is 288 Å². The maximum absolute atomic E-state index is 14.3. The van der Waals surface area contributed by atoms with Gasteiger partial charge in [0.1, 0.15) is 36.4 Å². The Morgan fingerprint density at radius 3 is 2.10 bits per heavy atom. The minimum atomic E-state index is -1.30. The number of nitrogens with zero attached hydrogens (tertiary/aromatic N) is 6. The first-order chi connectivity index (χ1) is 24.2. The molecule has 0 spiro atoms. The summed E-state index contributed by atoms with van der Waals surface area (Å²) in [7, 11) is 1.57. The van der Waals surface area contributed by atoms with Crippen molar-refractivity contribution in [2.45, 2.75) is 38.4 Å². The summed E-state index contributed by atoms with van der Waals surface area (Å²) in [5.41, 5.74) is 4.26. The topological polar surface area (TPSA) is 88.2 Å². The zero-order chi connectivity index (χ0) is 34.8. The standard InChI is InChI=1S/C33H37F2N5O5.C4H3N/c1-4-31(42-3)40-32(41)39(22-36-40)26-8-6-24(7-9-26)37-15-17-38(18-16-37)25-10-12-27(13-11-25)43-20-28-21-44-33(2,45-28)29-14-5-23(34)19-30(29)35;1-2-5-3-4(1)5/h5-14,19,22,28,31H,4,15-18,20-21H2,1-3H3;1-3H. The van der Waals surface area contributed by atoms with Gasteiger partial charge in [0.25, 0.3) is 0 Å². The van der Waals surface area contributed by atoms with Gasteiger partial charge in [-0.15, -0.1) is 0 Å². The minimum absolute atomic E-state index is 0.154. The number of rotatable bonds is 10. The highest BCUT2D eigenvalue weighted by atomic mass is 19.1. The molecule has 13 heteroatoms. The van der Waals surface area contributed by atoms with Gasteiger partial charge in [-0.1, -0.05) is 6.92 Å². The van der Waals surface area contributed by atoms with Gasteiger partial charge in [-0.2, -0.15) is 9.78 Å². The molecule has 3 aromatic carbocycles. The summed E-state index contributed by atoms with van der Waals surface area (Å²) in [5, 5.41) is 4.22. The summed E-state index contributed by atoms with van der Waals surface area (Å²) in [5.74, 6) is -1.96. The molecule has 1 aromatic heterocycles. The smallest absolute Gasteiger partial charge is 0.352 e. The molecule has 262 valence electrons. The number of ether oxygens (including phenoxy) is 4. The first-order valence-corrected chi connectivity index (χ1v) is 16.7. The monoisotopic (exact) mass is 686 g/mol. The maximum Gasteiger partial charge on any atom is 0.352 e. The van der Waals surface area contributed by atoms with Crippen LogP contribution in [0.4, 0.5) is 20.2 Å². The lowest BCUT2D eigenvalue weighted by molar-refractivity contribution is -0.166. The molecule has 0 aliphatic carbocycles. The van der Waals surface area contributed by atoms with Gasteiger partial charge in [0.2, 0.25) is 0 Å². The van der Waals surface area contributed by atoms with Crippen molar-refractivity contribution in [3.05, 3.63) is 119 Å². The van der Waals surface area contributed by atoms with Crippen LogP contribution in [0.25, 0.3) is 11.4 Å². The van der Waals surface area contributed by atoms with E-state index < -0.39 is 23.5 Å². The van der Waals surface area contributed by atoms with Gasteiger partial charge in [-0.25, -0.2) is 18.1 Å². The molecule has 0 bridgehead atoms.